The van der Waals surface area contributed by atoms with Gasteiger partial charge in [0.1, 0.15) is 0 Å². The van der Waals surface area contributed by atoms with E-state index in [0.29, 0.717) is 25.4 Å². The summed E-state index contributed by atoms with van der Waals surface area (Å²) in [6.45, 7) is 2.64. The van der Waals surface area contributed by atoms with Gasteiger partial charge in [0.05, 0.1) is 23.9 Å². The molecule has 0 saturated carbocycles. The van der Waals surface area contributed by atoms with Crippen LogP contribution in [0.25, 0.3) is 0 Å². The summed E-state index contributed by atoms with van der Waals surface area (Å²) in [6, 6.07) is 5.72. The zero-order chi connectivity index (χ0) is 14.1. The Hall–Kier alpha value is -1.24. The summed E-state index contributed by atoms with van der Waals surface area (Å²) in [5.41, 5.74) is 0. The van der Waals surface area contributed by atoms with Gasteiger partial charge in [-0.1, -0.05) is 12.1 Å². The lowest BCUT2D eigenvalue weighted by Crippen LogP contribution is -2.01. The van der Waals surface area contributed by atoms with Gasteiger partial charge in [0.15, 0.2) is 11.5 Å². The van der Waals surface area contributed by atoms with Gasteiger partial charge in [-0.2, -0.15) is 0 Å². The van der Waals surface area contributed by atoms with Crippen LogP contribution >= 0.6 is 22.6 Å². The van der Waals surface area contributed by atoms with Crippen LogP contribution in [0.15, 0.2) is 30.4 Å². The molecule has 0 radical (unpaired) electrons. The van der Waals surface area contributed by atoms with Crippen LogP contribution in [0, 0.1) is 3.57 Å². The van der Waals surface area contributed by atoms with Crippen molar-refractivity contribution in [2.75, 3.05) is 20.3 Å². The van der Waals surface area contributed by atoms with E-state index >= 15 is 0 Å². The van der Waals surface area contributed by atoms with E-state index in [4.69, 9.17) is 14.2 Å². The quantitative estimate of drug-likeness (QED) is 0.317. The van der Waals surface area contributed by atoms with E-state index in [1.807, 2.05) is 18.2 Å². The van der Waals surface area contributed by atoms with Crippen molar-refractivity contribution in [3.8, 4) is 11.5 Å². The average Bonchev–Trinajstić information content (AvgIpc) is 2.40. The van der Waals surface area contributed by atoms with E-state index in [2.05, 4.69) is 22.6 Å². The SMILES string of the molecule is CCOC(=O)/C=C/CCOc1c(I)cccc1OC. The Kier molecular flexibility index (Phi) is 7.32. The van der Waals surface area contributed by atoms with Crippen molar-refractivity contribution >= 4 is 28.6 Å². The first-order valence-corrected chi connectivity index (χ1v) is 7.05. The number of esters is 1. The molecule has 0 heterocycles. The molecule has 0 fully saturated rings. The minimum atomic E-state index is -0.325. The molecule has 5 heteroatoms. The first kappa shape index (κ1) is 15.8. The molecule has 0 amide bonds. The molecule has 0 aliphatic carbocycles. The standard InChI is InChI=1S/C14H17IO4/c1-3-18-13(16)9-4-5-10-19-14-11(15)7-6-8-12(14)17-2/h4,6-9H,3,5,10H2,1-2H3/b9-4+. The lowest BCUT2D eigenvalue weighted by atomic mass is 10.3. The van der Waals surface area contributed by atoms with Gasteiger partial charge in [0.25, 0.3) is 0 Å². The maximum absolute atomic E-state index is 11.1. The van der Waals surface area contributed by atoms with E-state index in [1.54, 1.807) is 20.1 Å². The minimum Gasteiger partial charge on any atom is -0.493 e. The third kappa shape index (κ3) is 5.50. The Morgan fingerprint density at radius 1 is 1.42 bits per heavy atom. The topological polar surface area (TPSA) is 44.8 Å². The number of methoxy groups -OCH3 is 1. The molecule has 0 unspecified atom stereocenters. The van der Waals surface area contributed by atoms with Crippen LogP contribution in [-0.4, -0.2) is 26.3 Å². The fourth-order valence-electron chi connectivity index (χ4n) is 1.39. The van der Waals surface area contributed by atoms with Gasteiger partial charge in [-0.15, -0.1) is 0 Å². The highest BCUT2D eigenvalue weighted by molar-refractivity contribution is 14.1. The maximum atomic E-state index is 11.1. The summed E-state index contributed by atoms with van der Waals surface area (Å²) >= 11 is 2.19. The van der Waals surface area contributed by atoms with Crippen LogP contribution in [0.4, 0.5) is 0 Å². The zero-order valence-corrected chi connectivity index (χ0v) is 13.2. The van der Waals surface area contributed by atoms with Crippen molar-refractivity contribution in [1.29, 1.82) is 0 Å². The third-order valence-electron chi connectivity index (χ3n) is 2.22. The van der Waals surface area contributed by atoms with E-state index in [-0.39, 0.29) is 5.97 Å². The molecule has 0 spiro atoms. The highest BCUT2D eigenvalue weighted by Gasteiger charge is 2.07. The number of carbonyl (C=O) groups is 1. The molecule has 0 aromatic heterocycles. The first-order valence-electron chi connectivity index (χ1n) is 5.97. The van der Waals surface area contributed by atoms with Crippen molar-refractivity contribution in [3.05, 3.63) is 33.9 Å². The minimum absolute atomic E-state index is 0.325. The molecule has 0 saturated heterocycles. The molecule has 0 N–H and O–H groups in total. The van der Waals surface area contributed by atoms with Crippen LogP contribution < -0.4 is 9.47 Å². The predicted octanol–water partition coefficient (Wildman–Crippen LogP) is 3.19. The van der Waals surface area contributed by atoms with Gasteiger partial charge in [0.2, 0.25) is 0 Å². The van der Waals surface area contributed by atoms with Crippen LogP contribution in [0.1, 0.15) is 13.3 Å². The summed E-state index contributed by atoms with van der Waals surface area (Å²) in [7, 11) is 1.61. The van der Waals surface area contributed by atoms with Crippen LogP contribution in [0.5, 0.6) is 11.5 Å². The number of halogens is 1. The molecule has 0 aliphatic rings. The normalized spacial score (nSPS) is 10.5. The lowest BCUT2D eigenvalue weighted by Gasteiger charge is -2.11. The van der Waals surface area contributed by atoms with Crippen molar-refractivity contribution in [2.24, 2.45) is 0 Å². The zero-order valence-electron chi connectivity index (χ0n) is 11.0. The molecule has 0 bridgehead atoms. The van der Waals surface area contributed by atoms with Crippen molar-refractivity contribution < 1.29 is 19.0 Å². The second-order valence-corrected chi connectivity index (χ2v) is 4.72. The Bertz CT molecular complexity index is 443. The third-order valence-corrected chi connectivity index (χ3v) is 3.07. The molecule has 1 aromatic carbocycles. The number of para-hydroxylation sites is 1. The number of carbonyl (C=O) groups excluding carboxylic acids is 1. The molecule has 1 aromatic rings. The van der Waals surface area contributed by atoms with Gasteiger partial charge in [-0.05, 0) is 48.1 Å². The average molecular weight is 376 g/mol. The monoisotopic (exact) mass is 376 g/mol. The van der Waals surface area contributed by atoms with Crippen LogP contribution in [0.3, 0.4) is 0 Å². The molecule has 104 valence electrons. The maximum Gasteiger partial charge on any atom is 0.330 e. The van der Waals surface area contributed by atoms with Crippen molar-refractivity contribution in [1.82, 2.24) is 0 Å². The van der Waals surface area contributed by atoms with E-state index < -0.39 is 0 Å². The van der Waals surface area contributed by atoms with Gasteiger partial charge in [-0.25, -0.2) is 4.79 Å². The molecule has 0 aliphatic heterocycles. The fraction of sp³-hybridized carbons (Fsp3) is 0.357. The molecule has 0 atom stereocenters. The number of hydrogen-bond donors (Lipinski definition) is 0. The van der Waals surface area contributed by atoms with Gasteiger partial charge in [0, 0.05) is 6.08 Å². The molecular weight excluding hydrogens is 359 g/mol. The Morgan fingerprint density at radius 2 is 2.21 bits per heavy atom. The Morgan fingerprint density at radius 3 is 2.89 bits per heavy atom. The fourth-order valence-corrected chi connectivity index (χ4v) is 2.02. The highest BCUT2D eigenvalue weighted by atomic mass is 127. The predicted molar refractivity (Wildman–Crippen MR) is 81.6 cm³/mol. The second kappa shape index (κ2) is 8.79. The van der Waals surface area contributed by atoms with Crippen LogP contribution in [-0.2, 0) is 9.53 Å². The van der Waals surface area contributed by atoms with Crippen LogP contribution in [0.2, 0.25) is 0 Å². The van der Waals surface area contributed by atoms with E-state index in [1.165, 1.54) is 6.08 Å². The van der Waals surface area contributed by atoms with Gasteiger partial charge in [-0.3, -0.25) is 0 Å². The summed E-state index contributed by atoms with van der Waals surface area (Å²) in [6.07, 6.45) is 3.78. The van der Waals surface area contributed by atoms with Gasteiger partial charge < -0.3 is 14.2 Å². The lowest BCUT2D eigenvalue weighted by molar-refractivity contribution is -0.137. The number of rotatable bonds is 7. The molecule has 1 rings (SSSR count). The van der Waals surface area contributed by atoms with E-state index in [0.717, 1.165) is 9.32 Å². The highest BCUT2D eigenvalue weighted by Crippen LogP contribution is 2.31. The summed E-state index contributed by atoms with van der Waals surface area (Å²) in [4.78, 5) is 11.1. The molecular formula is C14H17IO4. The summed E-state index contributed by atoms with van der Waals surface area (Å²) in [5, 5.41) is 0. The second-order valence-electron chi connectivity index (χ2n) is 3.56. The van der Waals surface area contributed by atoms with Crippen molar-refractivity contribution in [2.45, 2.75) is 13.3 Å². The smallest absolute Gasteiger partial charge is 0.330 e. The summed E-state index contributed by atoms with van der Waals surface area (Å²) < 4.78 is 16.7. The van der Waals surface area contributed by atoms with Crippen molar-refractivity contribution in [3.63, 3.8) is 0 Å². The molecule has 4 nitrogen and oxygen atoms in total. The van der Waals surface area contributed by atoms with Gasteiger partial charge >= 0.3 is 5.97 Å². The Balaban J connectivity index is 2.43. The first-order chi connectivity index (χ1) is 9.19. The number of ether oxygens (including phenoxy) is 3. The summed E-state index contributed by atoms with van der Waals surface area (Å²) in [5.74, 6) is 1.12. The largest absolute Gasteiger partial charge is 0.493 e. The number of benzene rings is 1. The Labute approximate surface area is 126 Å². The van der Waals surface area contributed by atoms with E-state index in [9.17, 15) is 4.79 Å². The molecule has 19 heavy (non-hydrogen) atoms. The number of hydrogen-bond acceptors (Lipinski definition) is 4.